The quantitative estimate of drug-likeness (QED) is 0.383. The van der Waals surface area contributed by atoms with Crippen LogP contribution in [0.25, 0.3) is 0 Å². The summed E-state index contributed by atoms with van der Waals surface area (Å²) in [6, 6.07) is 9.44. The van der Waals surface area contributed by atoms with Crippen molar-refractivity contribution < 1.29 is 9.59 Å². The van der Waals surface area contributed by atoms with Gasteiger partial charge in [-0.3, -0.25) is 19.4 Å². The smallest absolute Gasteiger partial charge is 0.258 e. The van der Waals surface area contributed by atoms with Crippen molar-refractivity contribution in [1.29, 1.82) is 0 Å². The molecule has 0 aliphatic carbocycles. The third kappa shape index (κ3) is 4.68. The summed E-state index contributed by atoms with van der Waals surface area (Å²) in [7, 11) is 0. The minimum atomic E-state index is -1.08. The second kappa shape index (κ2) is 8.99. The van der Waals surface area contributed by atoms with Crippen LogP contribution < -0.4 is 21.5 Å². The summed E-state index contributed by atoms with van der Waals surface area (Å²) in [6.45, 7) is 0. The zero-order valence-corrected chi connectivity index (χ0v) is 19.0. The number of H-pyrrole nitrogens is 1. The summed E-state index contributed by atoms with van der Waals surface area (Å²) >= 11 is 24.1. The molecule has 0 saturated carbocycles. The zero-order valence-electron chi connectivity index (χ0n) is 15.9. The van der Waals surface area contributed by atoms with Gasteiger partial charge in [0.15, 0.2) is 0 Å². The molecule has 1 atom stereocenters. The molecule has 8 nitrogen and oxygen atoms in total. The molecule has 0 fully saturated rings. The number of nitrogens with one attached hydrogen (secondary N) is 4. The summed E-state index contributed by atoms with van der Waals surface area (Å²) in [5, 5.41) is 9.17. The van der Waals surface area contributed by atoms with Gasteiger partial charge in [0, 0.05) is 22.2 Å². The highest BCUT2D eigenvalue weighted by molar-refractivity contribution is 6.44. The van der Waals surface area contributed by atoms with E-state index in [1.54, 1.807) is 36.4 Å². The lowest BCUT2D eigenvalue weighted by Crippen LogP contribution is -2.36. The van der Waals surface area contributed by atoms with Crippen molar-refractivity contribution >= 4 is 81.4 Å². The number of halogens is 4. The highest BCUT2D eigenvalue weighted by Gasteiger charge is 2.35. The maximum absolute atomic E-state index is 12.9. The predicted octanol–water partition coefficient (Wildman–Crippen LogP) is 5.19. The standard InChI is InChI=1S/C20H13Cl4N5O3/c21-8-4-9(22)6-10(5-8)25-20-28-17-15(19(32)29-20)11(7-14(30)27-17)18(31)26-13-3-1-2-12(23)16(13)24/h1-6,11H,7H2,(H,26,31)(H3,25,27,28,29,30,32)/t11-/m0/s1. The Morgan fingerprint density at radius 2 is 1.78 bits per heavy atom. The number of anilines is 4. The lowest BCUT2D eigenvalue weighted by molar-refractivity contribution is -0.123. The van der Waals surface area contributed by atoms with Gasteiger partial charge in [-0.15, -0.1) is 0 Å². The normalized spacial score (nSPS) is 15.0. The first-order valence-corrected chi connectivity index (χ1v) is 10.6. The summed E-state index contributed by atoms with van der Waals surface area (Å²) < 4.78 is 0. The highest BCUT2D eigenvalue weighted by atomic mass is 35.5. The predicted molar refractivity (Wildman–Crippen MR) is 126 cm³/mol. The third-order valence-electron chi connectivity index (χ3n) is 4.60. The number of nitrogens with zero attached hydrogens (tertiary/aromatic N) is 1. The van der Waals surface area contributed by atoms with E-state index in [1.807, 2.05) is 0 Å². The average molecular weight is 513 g/mol. The van der Waals surface area contributed by atoms with Crippen LogP contribution in [-0.4, -0.2) is 21.8 Å². The van der Waals surface area contributed by atoms with E-state index < -0.39 is 23.3 Å². The largest absolute Gasteiger partial charge is 0.326 e. The SMILES string of the molecule is O=C1C[C@H](C(=O)Nc2cccc(Cl)c2Cl)c2c(nc(Nc3cc(Cl)cc(Cl)c3)[nH]c2=O)N1. The van der Waals surface area contributed by atoms with Crippen LogP contribution in [0.4, 0.5) is 23.1 Å². The molecule has 0 unspecified atom stereocenters. The molecule has 4 rings (SSSR count). The molecule has 1 aromatic heterocycles. The Morgan fingerprint density at radius 3 is 2.50 bits per heavy atom. The van der Waals surface area contributed by atoms with Crippen LogP contribution in [0.1, 0.15) is 17.9 Å². The van der Waals surface area contributed by atoms with Crippen molar-refractivity contribution in [3.63, 3.8) is 0 Å². The van der Waals surface area contributed by atoms with Crippen molar-refractivity contribution in [1.82, 2.24) is 9.97 Å². The Kier molecular flexibility index (Phi) is 6.30. The van der Waals surface area contributed by atoms with Crippen molar-refractivity contribution in [2.75, 3.05) is 16.0 Å². The number of aromatic amines is 1. The Hall–Kier alpha value is -2.78. The zero-order chi connectivity index (χ0) is 23.0. The van der Waals surface area contributed by atoms with E-state index in [2.05, 4.69) is 25.9 Å². The van der Waals surface area contributed by atoms with E-state index in [9.17, 15) is 14.4 Å². The van der Waals surface area contributed by atoms with Crippen LogP contribution in [0.2, 0.25) is 20.1 Å². The first-order chi connectivity index (χ1) is 15.2. The van der Waals surface area contributed by atoms with E-state index in [0.29, 0.717) is 15.7 Å². The molecule has 12 heteroatoms. The summed E-state index contributed by atoms with van der Waals surface area (Å²) in [5.74, 6) is -2.14. The van der Waals surface area contributed by atoms with E-state index in [0.717, 1.165) is 0 Å². The lowest BCUT2D eigenvalue weighted by atomic mass is 9.92. The number of benzene rings is 2. The number of aromatic nitrogens is 2. The van der Waals surface area contributed by atoms with E-state index in [4.69, 9.17) is 46.4 Å². The fourth-order valence-corrected chi connectivity index (χ4v) is 4.11. The molecule has 164 valence electrons. The number of hydrogen-bond acceptors (Lipinski definition) is 5. The first-order valence-electron chi connectivity index (χ1n) is 9.13. The van der Waals surface area contributed by atoms with Crippen molar-refractivity contribution in [2.45, 2.75) is 12.3 Å². The molecule has 1 aliphatic rings. The van der Waals surface area contributed by atoms with Gasteiger partial charge in [-0.05, 0) is 30.3 Å². The number of fused-ring (bicyclic) bond motifs is 1. The molecule has 32 heavy (non-hydrogen) atoms. The summed E-state index contributed by atoms with van der Waals surface area (Å²) in [5.41, 5.74) is 0.160. The molecule has 3 aromatic rings. The Bertz CT molecular complexity index is 1290. The van der Waals surface area contributed by atoms with Crippen LogP contribution >= 0.6 is 46.4 Å². The first kappa shape index (κ1) is 22.4. The maximum Gasteiger partial charge on any atom is 0.258 e. The van der Waals surface area contributed by atoms with Gasteiger partial charge >= 0.3 is 0 Å². The highest BCUT2D eigenvalue weighted by Crippen LogP contribution is 2.33. The minimum absolute atomic E-state index is 0.0231. The number of carbonyl (C=O) groups is 2. The number of hydrogen-bond donors (Lipinski definition) is 4. The monoisotopic (exact) mass is 511 g/mol. The van der Waals surface area contributed by atoms with Gasteiger partial charge in [0.05, 0.1) is 27.2 Å². The van der Waals surface area contributed by atoms with Crippen LogP contribution in [0.3, 0.4) is 0 Å². The fourth-order valence-electron chi connectivity index (χ4n) is 3.24. The van der Waals surface area contributed by atoms with Crippen molar-refractivity contribution in [2.24, 2.45) is 0 Å². The second-order valence-electron chi connectivity index (χ2n) is 6.86. The Morgan fingerprint density at radius 1 is 1.06 bits per heavy atom. The van der Waals surface area contributed by atoms with Crippen LogP contribution in [0, 0.1) is 0 Å². The number of rotatable bonds is 4. The minimum Gasteiger partial charge on any atom is -0.326 e. The second-order valence-corrected chi connectivity index (χ2v) is 8.51. The molecule has 0 radical (unpaired) electrons. The molecule has 0 saturated heterocycles. The van der Waals surface area contributed by atoms with Crippen molar-refractivity contribution in [3.05, 3.63) is 72.4 Å². The van der Waals surface area contributed by atoms with Gasteiger partial charge in [-0.25, -0.2) is 0 Å². The molecule has 0 bridgehead atoms. The number of amides is 2. The lowest BCUT2D eigenvalue weighted by Gasteiger charge is -2.24. The molecular weight excluding hydrogens is 500 g/mol. The molecule has 0 spiro atoms. The third-order valence-corrected chi connectivity index (χ3v) is 5.86. The fraction of sp³-hybridized carbons (Fsp3) is 0.100. The van der Waals surface area contributed by atoms with E-state index in [-0.39, 0.29) is 39.5 Å². The summed E-state index contributed by atoms with van der Waals surface area (Å²) in [4.78, 5) is 44.8. The van der Waals surface area contributed by atoms with Gasteiger partial charge in [0.1, 0.15) is 5.82 Å². The summed E-state index contributed by atoms with van der Waals surface area (Å²) in [6.07, 6.45) is -0.238. The average Bonchev–Trinajstić information content (AvgIpc) is 2.69. The van der Waals surface area contributed by atoms with Crippen LogP contribution in [0.15, 0.2) is 41.2 Å². The Balaban J connectivity index is 1.66. The van der Waals surface area contributed by atoms with Gasteiger partial charge in [-0.1, -0.05) is 52.5 Å². The van der Waals surface area contributed by atoms with E-state index in [1.165, 1.54) is 0 Å². The number of carbonyl (C=O) groups excluding carboxylic acids is 2. The van der Waals surface area contributed by atoms with E-state index >= 15 is 0 Å². The van der Waals surface area contributed by atoms with Gasteiger partial charge in [-0.2, -0.15) is 4.98 Å². The molecule has 1 aliphatic heterocycles. The molecule has 4 N–H and O–H groups in total. The molecular formula is C20H13Cl4N5O3. The molecule has 2 heterocycles. The van der Waals surface area contributed by atoms with Crippen molar-refractivity contribution in [3.8, 4) is 0 Å². The van der Waals surface area contributed by atoms with Gasteiger partial charge in [0.2, 0.25) is 17.8 Å². The molecule has 2 aromatic carbocycles. The molecule has 2 amide bonds. The van der Waals surface area contributed by atoms with Gasteiger partial charge < -0.3 is 16.0 Å². The topological polar surface area (TPSA) is 116 Å². The maximum atomic E-state index is 12.9. The van der Waals surface area contributed by atoms with Gasteiger partial charge in [0.25, 0.3) is 5.56 Å². The van der Waals surface area contributed by atoms with Crippen LogP contribution in [-0.2, 0) is 9.59 Å². The Labute approximate surface area is 201 Å². The van der Waals surface area contributed by atoms with Crippen LogP contribution in [0.5, 0.6) is 0 Å².